The molecule has 0 spiro atoms. The van der Waals surface area contributed by atoms with Crippen molar-refractivity contribution in [1.82, 2.24) is 0 Å². The van der Waals surface area contributed by atoms with Gasteiger partial charge >= 0.3 is 0 Å². The van der Waals surface area contributed by atoms with Crippen LogP contribution in [0.15, 0.2) is 53.5 Å². The van der Waals surface area contributed by atoms with Crippen molar-refractivity contribution in [2.45, 2.75) is 0 Å². The van der Waals surface area contributed by atoms with Gasteiger partial charge < -0.3 is 5.11 Å². The highest BCUT2D eigenvalue weighted by Gasteiger charge is 1.90. The molecule has 0 aliphatic rings. The minimum absolute atomic E-state index is 0.253. The van der Waals surface area contributed by atoms with E-state index in [0.29, 0.717) is 5.02 Å². The SMILES string of the molecule is Oc1ccc(/C=N/c2ccc(Cl)cc2)cc1. The van der Waals surface area contributed by atoms with E-state index in [2.05, 4.69) is 4.99 Å². The van der Waals surface area contributed by atoms with Gasteiger partial charge in [0.25, 0.3) is 0 Å². The minimum Gasteiger partial charge on any atom is -0.508 e. The van der Waals surface area contributed by atoms with Gasteiger partial charge in [-0.2, -0.15) is 0 Å². The van der Waals surface area contributed by atoms with Crippen LogP contribution in [0.4, 0.5) is 5.69 Å². The fourth-order valence-corrected chi connectivity index (χ4v) is 1.36. The van der Waals surface area contributed by atoms with Crippen LogP contribution in [-0.4, -0.2) is 11.3 Å². The molecule has 0 saturated heterocycles. The molecule has 0 radical (unpaired) electrons. The number of phenols is 1. The number of aromatic hydroxyl groups is 1. The predicted octanol–water partition coefficient (Wildman–Crippen LogP) is 3.80. The van der Waals surface area contributed by atoms with Gasteiger partial charge in [-0.1, -0.05) is 11.6 Å². The first-order chi connectivity index (χ1) is 7.74. The zero-order valence-electron chi connectivity index (χ0n) is 8.47. The summed E-state index contributed by atoms with van der Waals surface area (Å²) >= 11 is 5.77. The van der Waals surface area contributed by atoms with E-state index in [1.165, 1.54) is 0 Å². The molecule has 0 aliphatic carbocycles. The lowest BCUT2D eigenvalue weighted by Crippen LogP contribution is -1.78. The molecule has 0 aliphatic heterocycles. The summed E-state index contributed by atoms with van der Waals surface area (Å²) in [4.78, 5) is 4.28. The maximum Gasteiger partial charge on any atom is 0.115 e. The Bertz CT molecular complexity index is 441. The molecule has 0 bridgehead atoms. The number of halogens is 1. The first-order valence-corrected chi connectivity index (χ1v) is 5.20. The second-order valence-electron chi connectivity index (χ2n) is 3.33. The van der Waals surface area contributed by atoms with Crippen molar-refractivity contribution in [1.29, 1.82) is 0 Å². The zero-order valence-corrected chi connectivity index (χ0v) is 9.22. The van der Waals surface area contributed by atoms with Crippen molar-refractivity contribution < 1.29 is 5.11 Å². The van der Waals surface area contributed by atoms with Gasteiger partial charge in [0, 0.05) is 11.2 Å². The van der Waals surface area contributed by atoms with Crippen molar-refractivity contribution in [3.8, 4) is 5.75 Å². The highest BCUT2D eigenvalue weighted by atomic mass is 35.5. The van der Waals surface area contributed by atoms with Crippen LogP contribution in [0.5, 0.6) is 5.75 Å². The van der Waals surface area contributed by atoms with Gasteiger partial charge in [-0.25, -0.2) is 0 Å². The van der Waals surface area contributed by atoms with Crippen LogP contribution >= 0.6 is 11.6 Å². The average Bonchev–Trinajstić information content (AvgIpc) is 2.30. The molecule has 0 amide bonds. The molecule has 0 heterocycles. The topological polar surface area (TPSA) is 32.6 Å². The lowest BCUT2D eigenvalue weighted by molar-refractivity contribution is 0.475. The number of benzene rings is 2. The summed E-state index contributed by atoms with van der Waals surface area (Å²) in [5.41, 5.74) is 1.78. The molecule has 16 heavy (non-hydrogen) atoms. The van der Waals surface area contributed by atoms with Gasteiger partial charge in [-0.3, -0.25) is 4.99 Å². The Morgan fingerprint density at radius 1 is 0.938 bits per heavy atom. The zero-order chi connectivity index (χ0) is 11.4. The maximum absolute atomic E-state index is 9.11. The standard InChI is InChI=1S/C13H10ClNO/c14-11-3-5-12(6-4-11)15-9-10-1-7-13(16)8-2-10/h1-9,16H/b15-9+. The van der Waals surface area contributed by atoms with Gasteiger partial charge in [0.05, 0.1) is 5.69 Å². The van der Waals surface area contributed by atoms with Crippen LogP contribution in [0.3, 0.4) is 0 Å². The van der Waals surface area contributed by atoms with E-state index in [9.17, 15) is 0 Å². The summed E-state index contributed by atoms with van der Waals surface area (Å²) in [6.45, 7) is 0. The molecule has 0 unspecified atom stereocenters. The maximum atomic E-state index is 9.11. The first-order valence-electron chi connectivity index (χ1n) is 4.83. The quantitative estimate of drug-likeness (QED) is 0.784. The van der Waals surface area contributed by atoms with Gasteiger partial charge in [0.2, 0.25) is 0 Å². The van der Waals surface area contributed by atoms with Crippen molar-refractivity contribution in [2.75, 3.05) is 0 Å². The first kappa shape index (κ1) is 10.7. The molecule has 1 N–H and O–H groups in total. The summed E-state index contributed by atoms with van der Waals surface area (Å²) in [5, 5.41) is 9.81. The molecule has 0 atom stereocenters. The molecule has 2 nitrogen and oxygen atoms in total. The van der Waals surface area contributed by atoms with E-state index in [1.54, 1.807) is 42.6 Å². The van der Waals surface area contributed by atoms with E-state index in [-0.39, 0.29) is 5.75 Å². The molecule has 2 rings (SSSR count). The van der Waals surface area contributed by atoms with Crippen LogP contribution in [0.25, 0.3) is 0 Å². The van der Waals surface area contributed by atoms with Crippen molar-refractivity contribution in [3.05, 3.63) is 59.1 Å². The third-order valence-corrected chi connectivity index (χ3v) is 2.33. The van der Waals surface area contributed by atoms with Gasteiger partial charge in [0.15, 0.2) is 0 Å². The molecule has 80 valence electrons. The minimum atomic E-state index is 0.253. The van der Waals surface area contributed by atoms with Crippen molar-refractivity contribution in [3.63, 3.8) is 0 Å². The molecular formula is C13H10ClNO. The largest absolute Gasteiger partial charge is 0.508 e. The molecular weight excluding hydrogens is 222 g/mol. The third-order valence-electron chi connectivity index (χ3n) is 2.08. The van der Waals surface area contributed by atoms with Gasteiger partial charge in [-0.15, -0.1) is 0 Å². The van der Waals surface area contributed by atoms with Gasteiger partial charge in [0.1, 0.15) is 5.75 Å². The van der Waals surface area contributed by atoms with Gasteiger partial charge in [-0.05, 0) is 54.1 Å². The third kappa shape index (κ3) is 2.84. The number of rotatable bonds is 2. The summed E-state index contributed by atoms with van der Waals surface area (Å²) in [5.74, 6) is 0.253. The molecule has 2 aromatic carbocycles. The van der Waals surface area contributed by atoms with Crippen LogP contribution < -0.4 is 0 Å². The van der Waals surface area contributed by atoms with E-state index in [0.717, 1.165) is 11.3 Å². The normalized spacial score (nSPS) is 10.8. The second-order valence-corrected chi connectivity index (χ2v) is 3.76. The van der Waals surface area contributed by atoms with Crippen LogP contribution in [0.1, 0.15) is 5.56 Å². The smallest absolute Gasteiger partial charge is 0.115 e. The highest BCUT2D eigenvalue weighted by Crippen LogP contribution is 2.16. The van der Waals surface area contributed by atoms with Crippen LogP contribution in [0, 0.1) is 0 Å². The number of phenolic OH excluding ortho intramolecular Hbond substituents is 1. The average molecular weight is 232 g/mol. The Balaban J connectivity index is 2.15. The van der Waals surface area contributed by atoms with Crippen molar-refractivity contribution >= 4 is 23.5 Å². The summed E-state index contributed by atoms with van der Waals surface area (Å²) in [7, 11) is 0. The molecule has 3 heteroatoms. The van der Waals surface area contributed by atoms with Crippen molar-refractivity contribution in [2.24, 2.45) is 4.99 Å². The van der Waals surface area contributed by atoms with E-state index in [1.807, 2.05) is 12.1 Å². The number of aliphatic imine (C=N–C) groups is 1. The lowest BCUT2D eigenvalue weighted by Gasteiger charge is -1.95. The highest BCUT2D eigenvalue weighted by molar-refractivity contribution is 6.30. The summed E-state index contributed by atoms with van der Waals surface area (Å²) in [6.07, 6.45) is 1.74. The Morgan fingerprint density at radius 2 is 1.56 bits per heavy atom. The van der Waals surface area contributed by atoms with E-state index < -0.39 is 0 Å². The second kappa shape index (κ2) is 4.81. The summed E-state index contributed by atoms with van der Waals surface area (Å²) in [6, 6.07) is 14.1. The fraction of sp³-hybridized carbons (Fsp3) is 0. The van der Waals surface area contributed by atoms with E-state index >= 15 is 0 Å². The molecule has 0 aromatic heterocycles. The molecule has 0 saturated carbocycles. The molecule has 2 aromatic rings. The predicted molar refractivity (Wildman–Crippen MR) is 66.8 cm³/mol. The number of nitrogens with zero attached hydrogens (tertiary/aromatic N) is 1. The molecule has 0 fully saturated rings. The number of hydrogen-bond acceptors (Lipinski definition) is 2. The Kier molecular flexibility index (Phi) is 3.22. The monoisotopic (exact) mass is 231 g/mol. The number of hydrogen-bond donors (Lipinski definition) is 1. The Labute approximate surface area is 98.8 Å². The van der Waals surface area contributed by atoms with Crippen LogP contribution in [-0.2, 0) is 0 Å². The Morgan fingerprint density at radius 3 is 2.19 bits per heavy atom. The lowest BCUT2D eigenvalue weighted by atomic mass is 10.2. The fourth-order valence-electron chi connectivity index (χ4n) is 1.24. The van der Waals surface area contributed by atoms with E-state index in [4.69, 9.17) is 16.7 Å². The van der Waals surface area contributed by atoms with Crippen LogP contribution in [0.2, 0.25) is 5.02 Å². The summed E-state index contributed by atoms with van der Waals surface area (Å²) < 4.78 is 0. The Hall–Kier alpha value is -1.80.